The Morgan fingerprint density at radius 1 is 0.611 bits per heavy atom. The number of methoxy groups -OCH3 is 2. The number of nitrogen functional groups attached to an aromatic ring is 2. The van der Waals surface area contributed by atoms with Gasteiger partial charge in [-0.25, -0.2) is 0 Å². The molecule has 36 heavy (non-hydrogen) atoms. The largest absolute Gasteiger partial charge is 0.495 e. The molecule has 4 nitrogen and oxygen atoms in total. The molecule has 0 fully saturated rings. The monoisotopic (exact) mass is 528 g/mol. The molecule has 0 amide bonds. The molecule has 4 N–H and O–H groups in total. The second-order valence-corrected chi connectivity index (χ2v) is 8.30. The van der Waals surface area contributed by atoms with Crippen LogP contribution in [0.1, 0.15) is 48.9 Å². The number of ether oxygens (including phenoxy) is 2. The molecule has 0 saturated heterocycles. The summed E-state index contributed by atoms with van der Waals surface area (Å²) < 4.78 is 129. The summed E-state index contributed by atoms with van der Waals surface area (Å²) in [6.45, 7) is 3.27. The van der Waals surface area contributed by atoms with Crippen molar-refractivity contribution in [3.63, 3.8) is 0 Å². The van der Waals surface area contributed by atoms with Crippen LogP contribution in [0.15, 0.2) is 24.3 Å². The first-order valence-corrected chi connectivity index (χ1v) is 11.0. The molecule has 0 atom stereocenters. The van der Waals surface area contributed by atoms with Crippen LogP contribution in [0, 0.1) is 0 Å². The molecule has 0 aromatic heterocycles. The van der Waals surface area contributed by atoms with E-state index >= 15 is 17.6 Å². The summed E-state index contributed by atoms with van der Waals surface area (Å²) in [4.78, 5) is 0. The fraction of sp³-hybridized carbons (Fsp3) is 0.500. The quantitative estimate of drug-likeness (QED) is 0.245. The number of benzene rings is 2. The summed E-state index contributed by atoms with van der Waals surface area (Å²) in [6.07, 6.45) is 0.726. The highest BCUT2D eigenvalue weighted by molar-refractivity contribution is 5.62. The number of alkyl halides is 8. The second-order valence-electron chi connectivity index (χ2n) is 8.30. The Hall–Kier alpha value is -2.92. The number of halogens is 8. The van der Waals surface area contributed by atoms with Gasteiger partial charge in [-0.2, -0.15) is 35.1 Å². The predicted octanol–water partition coefficient (Wildman–Crippen LogP) is 6.93. The normalized spacial score (nSPS) is 13.1. The maximum absolute atomic E-state index is 15.0. The smallest absolute Gasteiger partial charge is 0.382 e. The van der Waals surface area contributed by atoms with Crippen LogP contribution in [-0.2, 0) is 24.7 Å². The average molecular weight is 528 g/mol. The topological polar surface area (TPSA) is 70.5 Å². The minimum Gasteiger partial charge on any atom is -0.495 e. The molecule has 0 saturated carbocycles. The first kappa shape index (κ1) is 29.3. The molecule has 0 aliphatic heterocycles. The Balaban J connectivity index is 2.70. The summed E-state index contributed by atoms with van der Waals surface area (Å²) in [7, 11) is 2.01. The van der Waals surface area contributed by atoms with Crippen LogP contribution in [0.25, 0.3) is 0 Å². The molecular weight excluding hydrogens is 500 g/mol. The summed E-state index contributed by atoms with van der Waals surface area (Å²) in [5.74, 6) is -25.5. The molecule has 202 valence electrons. The van der Waals surface area contributed by atoms with Gasteiger partial charge in [0.2, 0.25) is 0 Å². The van der Waals surface area contributed by atoms with Crippen molar-refractivity contribution in [3.8, 4) is 11.5 Å². The Kier molecular flexibility index (Phi) is 8.32. The number of rotatable bonds is 11. The third kappa shape index (κ3) is 4.61. The fourth-order valence-corrected chi connectivity index (χ4v) is 3.78. The number of aryl methyl sites for hydroxylation is 2. The van der Waals surface area contributed by atoms with Crippen LogP contribution >= 0.6 is 0 Å². The van der Waals surface area contributed by atoms with E-state index in [4.69, 9.17) is 20.9 Å². The summed E-state index contributed by atoms with van der Waals surface area (Å²) in [5.41, 5.74) is 7.78. The van der Waals surface area contributed by atoms with Gasteiger partial charge in [-0.3, -0.25) is 0 Å². The van der Waals surface area contributed by atoms with E-state index in [2.05, 4.69) is 0 Å². The molecule has 0 heterocycles. The number of hydrogen-bond acceptors (Lipinski definition) is 4. The lowest BCUT2D eigenvalue weighted by Crippen LogP contribution is -2.59. The molecule has 2 rings (SSSR count). The first-order valence-electron chi connectivity index (χ1n) is 11.0. The van der Waals surface area contributed by atoms with Crippen molar-refractivity contribution >= 4 is 11.4 Å². The van der Waals surface area contributed by atoms with Crippen molar-refractivity contribution in [3.05, 3.63) is 46.5 Å². The van der Waals surface area contributed by atoms with E-state index in [1.165, 1.54) is 0 Å². The Morgan fingerprint density at radius 3 is 1.17 bits per heavy atom. The molecule has 12 heteroatoms. The standard InChI is InChI=1S/C24H28F8N2O2/c1-5-7-13-9-15(11-17(35-3)19(13)33)21(25,26)23(29,30)24(31,32)22(27,28)16-10-14(8-6-2)20(34)18(12-16)36-4/h9-12H,5-8,33-34H2,1-4H3. The number of nitrogens with two attached hydrogens (primary N) is 2. The highest BCUT2D eigenvalue weighted by Crippen LogP contribution is 2.60. The van der Waals surface area contributed by atoms with E-state index in [-0.39, 0.29) is 35.3 Å². The minimum atomic E-state index is -6.55. The van der Waals surface area contributed by atoms with E-state index in [0.29, 0.717) is 37.1 Å². The average Bonchev–Trinajstić information content (AvgIpc) is 2.81. The molecule has 0 aliphatic carbocycles. The van der Waals surface area contributed by atoms with Crippen molar-refractivity contribution < 1.29 is 44.6 Å². The molecule has 0 radical (unpaired) electrons. The zero-order chi connectivity index (χ0) is 27.7. The molecular formula is C24H28F8N2O2. The van der Waals surface area contributed by atoms with E-state index in [1.807, 2.05) is 0 Å². The highest BCUT2D eigenvalue weighted by Gasteiger charge is 2.81. The van der Waals surface area contributed by atoms with Gasteiger partial charge >= 0.3 is 23.7 Å². The summed E-state index contributed by atoms with van der Waals surface area (Å²) in [6, 6.07) is 1.66. The third-order valence-corrected chi connectivity index (χ3v) is 5.84. The van der Waals surface area contributed by atoms with Crippen molar-refractivity contribution in [2.24, 2.45) is 0 Å². The summed E-state index contributed by atoms with van der Waals surface area (Å²) >= 11 is 0. The van der Waals surface area contributed by atoms with Crippen LogP contribution < -0.4 is 20.9 Å². The van der Waals surface area contributed by atoms with Crippen LogP contribution in [-0.4, -0.2) is 26.1 Å². The van der Waals surface area contributed by atoms with Crippen molar-refractivity contribution in [1.82, 2.24) is 0 Å². The van der Waals surface area contributed by atoms with Crippen LogP contribution in [0.5, 0.6) is 11.5 Å². The number of hydrogen-bond donors (Lipinski definition) is 2. The van der Waals surface area contributed by atoms with Crippen LogP contribution in [0.4, 0.5) is 46.5 Å². The minimum absolute atomic E-state index is 0.0235. The van der Waals surface area contributed by atoms with Gasteiger partial charge < -0.3 is 20.9 Å². The Labute approximate surface area is 203 Å². The van der Waals surface area contributed by atoms with Gasteiger partial charge in [0, 0.05) is 11.1 Å². The lowest BCUT2D eigenvalue weighted by Gasteiger charge is -2.37. The zero-order valence-corrected chi connectivity index (χ0v) is 20.1. The van der Waals surface area contributed by atoms with Gasteiger partial charge in [-0.15, -0.1) is 0 Å². The van der Waals surface area contributed by atoms with Gasteiger partial charge in [-0.1, -0.05) is 26.7 Å². The van der Waals surface area contributed by atoms with Gasteiger partial charge in [0.25, 0.3) is 0 Å². The fourth-order valence-electron chi connectivity index (χ4n) is 3.78. The van der Waals surface area contributed by atoms with E-state index in [0.717, 1.165) is 14.2 Å². The van der Waals surface area contributed by atoms with Crippen molar-refractivity contribution in [2.75, 3.05) is 25.7 Å². The van der Waals surface area contributed by atoms with E-state index in [1.54, 1.807) is 13.8 Å². The Bertz CT molecular complexity index is 1000. The first-order chi connectivity index (χ1) is 16.5. The van der Waals surface area contributed by atoms with Crippen molar-refractivity contribution in [2.45, 2.75) is 63.2 Å². The van der Waals surface area contributed by atoms with Gasteiger partial charge in [-0.05, 0) is 48.2 Å². The lowest BCUT2D eigenvalue weighted by molar-refractivity contribution is -0.374. The zero-order valence-electron chi connectivity index (χ0n) is 20.1. The summed E-state index contributed by atoms with van der Waals surface area (Å²) in [5, 5.41) is 0. The second kappa shape index (κ2) is 10.2. The van der Waals surface area contributed by atoms with Crippen molar-refractivity contribution in [1.29, 1.82) is 0 Å². The lowest BCUT2D eigenvalue weighted by atomic mass is 9.88. The molecule has 0 spiro atoms. The van der Waals surface area contributed by atoms with Crippen LogP contribution in [0.3, 0.4) is 0 Å². The number of anilines is 2. The van der Waals surface area contributed by atoms with Gasteiger partial charge in [0.15, 0.2) is 0 Å². The predicted molar refractivity (Wildman–Crippen MR) is 120 cm³/mol. The Morgan fingerprint density at radius 2 is 0.917 bits per heavy atom. The van der Waals surface area contributed by atoms with E-state index < -0.39 is 46.3 Å². The molecule has 0 aliphatic rings. The van der Waals surface area contributed by atoms with Crippen LogP contribution in [0.2, 0.25) is 0 Å². The molecule has 2 aromatic rings. The van der Waals surface area contributed by atoms with Gasteiger partial charge in [0.05, 0.1) is 25.6 Å². The maximum Gasteiger partial charge on any atom is 0.382 e. The highest BCUT2D eigenvalue weighted by atomic mass is 19.4. The van der Waals surface area contributed by atoms with E-state index in [9.17, 15) is 17.6 Å². The molecule has 0 bridgehead atoms. The molecule has 0 unspecified atom stereocenters. The third-order valence-electron chi connectivity index (χ3n) is 5.84. The molecule has 2 aromatic carbocycles. The van der Waals surface area contributed by atoms with Gasteiger partial charge in [0.1, 0.15) is 11.5 Å². The maximum atomic E-state index is 15.0. The SMILES string of the molecule is CCCc1cc(C(F)(F)C(F)(F)C(F)(F)C(F)(F)c2cc(CCC)c(N)c(OC)c2)cc(OC)c1N.